The molecule has 1 rings (SSSR count). The van der Waals surface area contributed by atoms with Crippen molar-refractivity contribution in [3.05, 3.63) is 0 Å². The molecule has 2 amide bonds. The highest BCUT2D eigenvalue weighted by atomic mass is 16.5. The number of carbonyl (C=O) groups is 1. The second kappa shape index (κ2) is 7.59. The summed E-state index contributed by atoms with van der Waals surface area (Å²) in [5.74, 6) is 0. The van der Waals surface area contributed by atoms with Gasteiger partial charge in [0.15, 0.2) is 0 Å². The first-order valence-electron chi connectivity index (χ1n) is 6.90. The first kappa shape index (κ1) is 15.2. The van der Waals surface area contributed by atoms with Crippen molar-refractivity contribution >= 4 is 6.03 Å². The standard InChI is InChI=1S/C13H27N3O2/c1-4-16(5-2)12(17)15-10-13(11-18-3)6-8-14-9-7-13/h14H,4-11H2,1-3H3,(H,15,17). The molecule has 0 aliphatic carbocycles. The van der Waals surface area contributed by atoms with Gasteiger partial charge in [0.2, 0.25) is 0 Å². The molecule has 5 heteroatoms. The van der Waals surface area contributed by atoms with Crippen LogP contribution in [0.2, 0.25) is 0 Å². The maximum Gasteiger partial charge on any atom is 0.317 e. The molecule has 2 N–H and O–H groups in total. The SMILES string of the molecule is CCN(CC)C(=O)NCC1(COC)CCNCC1. The summed E-state index contributed by atoms with van der Waals surface area (Å²) in [5, 5.41) is 6.41. The van der Waals surface area contributed by atoms with E-state index in [4.69, 9.17) is 4.74 Å². The van der Waals surface area contributed by atoms with E-state index in [1.165, 1.54) is 0 Å². The third-order valence-corrected chi connectivity index (χ3v) is 3.78. The maximum atomic E-state index is 12.0. The van der Waals surface area contributed by atoms with Crippen LogP contribution in [-0.2, 0) is 4.74 Å². The van der Waals surface area contributed by atoms with Crippen molar-refractivity contribution in [3.63, 3.8) is 0 Å². The highest BCUT2D eigenvalue weighted by molar-refractivity contribution is 5.74. The average Bonchev–Trinajstić information content (AvgIpc) is 2.39. The molecular weight excluding hydrogens is 230 g/mol. The maximum absolute atomic E-state index is 12.0. The van der Waals surface area contributed by atoms with Gasteiger partial charge in [0.05, 0.1) is 6.61 Å². The quantitative estimate of drug-likeness (QED) is 0.748. The summed E-state index contributed by atoms with van der Waals surface area (Å²) >= 11 is 0. The summed E-state index contributed by atoms with van der Waals surface area (Å²) in [6.45, 7) is 8.93. The van der Waals surface area contributed by atoms with Crippen LogP contribution in [0.15, 0.2) is 0 Å². The number of rotatable bonds is 6. The van der Waals surface area contributed by atoms with Crippen molar-refractivity contribution in [2.75, 3.05) is 46.4 Å². The van der Waals surface area contributed by atoms with E-state index in [-0.39, 0.29) is 11.4 Å². The van der Waals surface area contributed by atoms with Crippen LogP contribution in [0.4, 0.5) is 4.79 Å². The average molecular weight is 257 g/mol. The number of ether oxygens (including phenoxy) is 1. The van der Waals surface area contributed by atoms with Crippen molar-refractivity contribution in [3.8, 4) is 0 Å². The molecule has 0 bridgehead atoms. The van der Waals surface area contributed by atoms with E-state index in [1.807, 2.05) is 18.7 Å². The topological polar surface area (TPSA) is 53.6 Å². The van der Waals surface area contributed by atoms with E-state index in [2.05, 4.69) is 10.6 Å². The van der Waals surface area contributed by atoms with Crippen LogP contribution in [0.5, 0.6) is 0 Å². The number of nitrogens with one attached hydrogen (secondary N) is 2. The predicted octanol–water partition coefficient (Wildman–Crippen LogP) is 1.05. The predicted molar refractivity (Wildman–Crippen MR) is 72.7 cm³/mol. The number of nitrogens with zero attached hydrogens (tertiary/aromatic N) is 1. The summed E-state index contributed by atoms with van der Waals surface area (Å²) in [6, 6.07) is 0.0361. The van der Waals surface area contributed by atoms with Crippen molar-refractivity contribution in [2.45, 2.75) is 26.7 Å². The first-order valence-corrected chi connectivity index (χ1v) is 6.90. The third-order valence-electron chi connectivity index (χ3n) is 3.78. The molecule has 0 aromatic heterocycles. The molecule has 18 heavy (non-hydrogen) atoms. The van der Waals surface area contributed by atoms with Gasteiger partial charge in [-0.2, -0.15) is 0 Å². The van der Waals surface area contributed by atoms with Crippen LogP contribution >= 0.6 is 0 Å². The van der Waals surface area contributed by atoms with E-state index in [9.17, 15) is 4.79 Å². The van der Waals surface area contributed by atoms with Gasteiger partial charge in [-0.15, -0.1) is 0 Å². The summed E-state index contributed by atoms with van der Waals surface area (Å²) in [7, 11) is 1.73. The Morgan fingerprint density at radius 1 is 1.33 bits per heavy atom. The van der Waals surface area contributed by atoms with Crippen molar-refractivity contribution in [1.29, 1.82) is 0 Å². The summed E-state index contributed by atoms with van der Waals surface area (Å²) in [5.41, 5.74) is 0.100. The molecule has 1 saturated heterocycles. The molecule has 5 nitrogen and oxygen atoms in total. The lowest BCUT2D eigenvalue weighted by atomic mass is 9.79. The second-order valence-electron chi connectivity index (χ2n) is 5.01. The fraction of sp³-hybridized carbons (Fsp3) is 0.923. The number of amides is 2. The molecule has 1 fully saturated rings. The first-order chi connectivity index (χ1) is 8.67. The number of piperidine rings is 1. The Balaban J connectivity index is 2.48. The van der Waals surface area contributed by atoms with Gasteiger partial charge in [-0.25, -0.2) is 4.79 Å². The summed E-state index contributed by atoms with van der Waals surface area (Å²) in [6.07, 6.45) is 2.11. The third kappa shape index (κ3) is 4.14. The van der Waals surface area contributed by atoms with Crippen LogP contribution in [-0.4, -0.2) is 57.4 Å². The van der Waals surface area contributed by atoms with Gasteiger partial charge < -0.3 is 20.3 Å². The Hall–Kier alpha value is -0.810. The van der Waals surface area contributed by atoms with Gasteiger partial charge in [-0.3, -0.25) is 0 Å². The van der Waals surface area contributed by atoms with Gasteiger partial charge >= 0.3 is 6.03 Å². The molecule has 1 aliphatic rings. The molecule has 0 aromatic rings. The molecule has 1 aliphatic heterocycles. The monoisotopic (exact) mass is 257 g/mol. The zero-order chi connectivity index (χ0) is 13.4. The fourth-order valence-corrected chi connectivity index (χ4v) is 2.52. The Labute approximate surface area is 110 Å². The molecule has 0 radical (unpaired) electrons. The van der Waals surface area contributed by atoms with Crippen molar-refractivity contribution < 1.29 is 9.53 Å². The number of urea groups is 1. The number of methoxy groups -OCH3 is 1. The molecule has 0 atom stereocenters. The van der Waals surface area contributed by atoms with Crippen molar-refractivity contribution in [2.24, 2.45) is 5.41 Å². The van der Waals surface area contributed by atoms with Gasteiger partial charge in [-0.05, 0) is 39.8 Å². The lowest BCUT2D eigenvalue weighted by Crippen LogP contribution is -2.50. The van der Waals surface area contributed by atoms with Crippen LogP contribution in [0.1, 0.15) is 26.7 Å². The van der Waals surface area contributed by atoms with Crippen LogP contribution < -0.4 is 10.6 Å². The van der Waals surface area contributed by atoms with Gasteiger partial charge in [0.1, 0.15) is 0 Å². The van der Waals surface area contributed by atoms with Crippen LogP contribution in [0, 0.1) is 5.41 Å². The normalized spacial score (nSPS) is 18.4. The largest absolute Gasteiger partial charge is 0.384 e. The highest BCUT2D eigenvalue weighted by Gasteiger charge is 2.32. The Bertz CT molecular complexity index is 243. The van der Waals surface area contributed by atoms with E-state index in [0.717, 1.165) is 39.0 Å². The molecule has 0 unspecified atom stereocenters. The summed E-state index contributed by atoms with van der Waals surface area (Å²) in [4.78, 5) is 13.8. The zero-order valence-corrected chi connectivity index (χ0v) is 11.9. The number of hydrogen-bond donors (Lipinski definition) is 2. The highest BCUT2D eigenvalue weighted by Crippen LogP contribution is 2.28. The minimum Gasteiger partial charge on any atom is -0.384 e. The minimum atomic E-state index is 0.0361. The number of hydrogen-bond acceptors (Lipinski definition) is 3. The lowest BCUT2D eigenvalue weighted by Gasteiger charge is -2.37. The minimum absolute atomic E-state index is 0.0361. The molecule has 0 saturated carbocycles. The van der Waals surface area contributed by atoms with Gasteiger partial charge in [0.25, 0.3) is 0 Å². The van der Waals surface area contributed by atoms with Crippen LogP contribution in [0.3, 0.4) is 0 Å². The zero-order valence-electron chi connectivity index (χ0n) is 11.9. The van der Waals surface area contributed by atoms with Crippen LogP contribution in [0.25, 0.3) is 0 Å². The molecule has 1 heterocycles. The van der Waals surface area contributed by atoms with E-state index in [0.29, 0.717) is 13.2 Å². The second-order valence-corrected chi connectivity index (χ2v) is 5.01. The Morgan fingerprint density at radius 3 is 2.44 bits per heavy atom. The van der Waals surface area contributed by atoms with E-state index >= 15 is 0 Å². The Kier molecular flexibility index (Phi) is 6.43. The Morgan fingerprint density at radius 2 is 1.94 bits per heavy atom. The fourth-order valence-electron chi connectivity index (χ4n) is 2.52. The molecular formula is C13H27N3O2. The van der Waals surface area contributed by atoms with Gasteiger partial charge in [-0.1, -0.05) is 0 Å². The van der Waals surface area contributed by atoms with E-state index < -0.39 is 0 Å². The number of carbonyl (C=O) groups excluding carboxylic acids is 1. The smallest absolute Gasteiger partial charge is 0.317 e. The van der Waals surface area contributed by atoms with Crippen molar-refractivity contribution in [1.82, 2.24) is 15.5 Å². The summed E-state index contributed by atoms with van der Waals surface area (Å²) < 4.78 is 5.34. The molecule has 0 aromatic carbocycles. The van der Waals surface area contributed by atoms with E-state index in [1.54, 1.807) is 7.11 Å². The molecule has 0 spiro atoms. The molecule has 106 valence electrons. The van der Waals surface area contributed by atoms with Gasteiger partial charge in [0, 0.05) is 32.2 Å². The lowest BCUT2D eigenvalue weighted by molar-refractivity contribution is 0.0543.